The molecule has 0 aliphatic heterocycles. The third kappa shape index (κ3) is 2.81. The van der Waals surface area contributed by atoms with Crippen molar-refractivity contribution in [1.82, 2.24) is 10.3 Å². The second kappa shape index (κ2) is 4.09. The molecule has 1 amide bonds. The van der Waals surface area contributed by atoms with Crippen molar-refractivity contribution in [1.29, 1.82) is 0 Å². The molecule has 0 spiro atoms. The van der Waals surface area contributed by atoms with Gasteiger partial charge in [-0.3, -0.25) is 4.79 Å². The fraction of sp³-hybridized carbons (Fsp3) is 0.333. The summed E-state index contributed by atoms with van der Waals surface area (Å²) >= 11 is 1.59. The first-order valence-corrected chi connectivity index (χ1v) is 6.09. The van der Waals surface area contributed by atoms with Crippen LogP contribution in [0.15, 0.2) is 18.2 Å². The van der Waals surface area contributed by atoms with E-state index in [9.17, 15) is 9.90 Å². The van der Waals surface area contributed by atoms with Crippen LogP contribution < -0.4 is 5.32 Å². The van der Waals surface area contributed by atoms with E-state index in [4.69, 9.17) is 0 Å². The number of fused-ring (bicyclic) bond motifs is 1. The maximum absolute atomic E-state index is 11.8. The lowest BCUT2D eigenvalue weighted by atomic mass is 10.2. The first-order valence-electron chi connectivity index (χ1n) is 5.27. The van der Waals surface area contributed by atoms with Gasteiger partial charge in [-0.25, -0.2) is 4.98 Å². The molecule has 1 aromatic carbocycles. The molecule has 5 heteroatoms. The van der Waals surface area contributed by atoms with E-state index in [0.717, 1.165) is 15.2 Å². The van der Waals surface area contributed by atoms with Gasteiger partial charge in [-0.2, -0.15) is 0 Å². The molecule has 0 atom stereocenters. The van der Waals surface area contributed by atoms with Crippen LogP contribution in [-0.4, -0.2) is 21.7 Å². The largest absolute Gasteiger partial charge is 0.372 e. The maximum Gasteiger partial charge on any atom is 0.253 e. The molecule has 0 radical (unpaired) electrons. The van der Waals surface area contributed by atoms with Gasteiger partial charge in [0.05, 0.1) is 15.2 Å². The highest BCUT2D eigenvalue weighted by molar-refractivity contribution is 7.18. The standard InChI is InChI=1S/C12H14N2O2S/c1-7-13-9-6-8(4-5-10(9)17-7)11(15)14-12(2,3)16/h4-6,16H,1-3H3,(H,14,15). The molecule has 4 nitrogen and oxygen atoms in total. The molecular weight excluding hydrogens is 236 g/mol. The second-order valence-electron chi connectivity index (χ2n) is 4.43. The minimum atomic E-state index is -1.22. The van der Waals surface area contributed by atoms with Gasteiger partial charge in [0.25, 0.3) is 5.91 Å². The Bertz CT molecular complexity index is 569. The highest BCUT2D eigenvalue weighted by Gasteiger charge is 2.17. The summed E-state index contributed by atoms with van der Waals surface area (Å²) in [6.45, 7) is 4.98. The lowest BCUT2D eigenvalue weighted by Crippen LogP contribution is -2.43. The number of thiazole rings is 1. The highest BCUT2D eigenvalue weighted by Crippen LogP contribution is 2.22. The van der Waals surface area contributed by atoms with Crippen LogP contribution in [0.5, 0.6) is 0 Å². The highest BCUT2D eigenvalue weighted by atomic mass is 32.1. The van der Waals surface area contributed by atoms with E-state index >= 15 is 0 Å². The van der Waals surface area contributed by atoms with Crippen molar-refractivity contribution in [3.63, 3.8) is 0 Å². The molecule has 1 aromatic heterocycles. The Balaban J connectivity index is 2.33. The molecule has 17 heavy (non-hydrogen) atoms. The van der Waals surface area contributed by atoms with Gasteiger partial charge in [0.15, 0.2) is 0 Å². The van der Waals surface area contributed by atoms with Gasteiger partial charge in [0.2, 0.25) is 0 Å². The zero-order valence-electron chi connectivity index (χ0n) is 9.94. The second-order valence-corrected chi connectivity index (χ2v) is 5.66. The number of rotatable bonds is 2. The summed E-state index contributed by atoms with van der Waals surface area (Å²) in [6, 6.07) is 5.35. The number of nitrogens with zero attached hydrogens (tertiary/aromatic N) is 1. The van der Waals surface area contributed by atoms with Crippen LogP contribution in [0.2, 0.25) is 0 Å². The van der Waals surface area contributed by atoms with Crippen LogP contribution >= 0.6 is 11.3 Å². The zero-order valence-corrected chi connectivity index (χ0v) is 10.8. The normalized spacial score (nSPS) is 11.8. The minimum absolute atomic E-state index is 0.301. The van der Waals surface area contributed by atoms with Crippen molar-refractivity contribution in [3.8, 4) is 0 Å². The average molecular weight is 250 g/mol. The molecule has 2 aromatic rings. The number of aliphatic hydroxyl groups is 1. The van der Waals surface area contributed by atoms with Gasteiger partial charge in [-0.05, 0) is 39.0 Å². The molecule has 0 bridgehead atoms. The SMILES string of the molecule is Cc1nc2cc(C(=O)NC(C)(C)O)ccc2s1. The molecule has 2 rings (SSSR count). The summed E-state index contributed by atoms with van der Waals surface area (Å²) in [6.07, 6.45) is 0. The lowest BCUT2D eigenvalue weighted by Gasteiger charge is -2.18. The molecule has 0 aliphatic rings. The van der Waals surface area contributed by atoms with Gasteiger partial charge in [-0.1, -0.05) is 0 Å². The lowest BCUT2D eigenvalue weighted by molar-refractivity contribution is 0.0376. The fourth-order valence-corrected chi connectivity index (χ4v) is 2.34. The van der Waals surface area contributed by atoms with Gasteiger partial charge in [0, 0.05) is 5.56 Å². The number of benzene rings is 1. The Morgan fingerprint density at radius 3 is 2.82 bits per heavy atom. The molecule has 1 heterocycles. The molecule has 0 aliphatic carbocycles. The van der Waals surface area contributed by atoms with Crippen LogP contribution in [0, 0.1) is 6.92 Å². The van der Waals surface area contributed by atoms with Crippen molar-refractivity contribution in [3.05, 3.63) is 28.8 Å². The number of carbonyl (C=O) groups is 1. The monoisotopic (exact) mass is 250 g/mol. The van der Waals surface area contributed by atoms with Crippen molar-refractivity contribution in [2.45, 2.75) is 26.5 Å². The van der Waals surface area contributed by atoms with Crippen LogP contribution in [0.4, 0.5) is 0 Å². The molecule has 0 saturated carbocycles. The van der Waals surface area contributed by atoms with Gasteiger partial charge in [0.1, 0.15) is 5.72 Å². The molecule has 0 fully saturated rings. The number of hydrogen-bond donors (Lipinski definition) is 2. The summed E-state index contributed by atoms with van der Waals surface area (Å²) < 4.78 is 1.06. The number of aryl methyl sites for hydroxylation is 1. The Labute approximate surface area is 103 Å². The molecule has 2 N–H and O–H groups in total. The topological polar surface area (TPSA) is 62.2 Å². The average Bonchev–Trinajstić information content (AvgIpc) is 2.53. The number of nitrogens with one attached hydrogen (secondary N) is 1. The Kier molecular flexibility index (Phi) is 2.89. The number of amides is 1. The van der Waals surface area contributed by atoms with Crippen LogP contribution in [0.25, 0.3) is 10.2 Å². The quantitative estimate of drug-likeness (QED) is 0.802. The maximum atomic E-state index is 11.8. The van der Waals surface area contributed by atoms with E-state index in [1.54, 1.807) is 23.5 Å². The fourth-order valence-electron chi connectivity index (χ4n) is 1.53. The Morgan fingerprint density at radius 2 is 2.18 bits per heavy atom. The predicted octanol–water partition coefficient (Wildman–Crippen LogP) is 2.06. The summed E-state index contributed by atoms with van der Waals surface area (Å²) in [7, 11) is 0. The van der Waals surface area contributed by atoms with Crippen molar-refractivity contribution < 1.29 is 9.90 Å². The predicted molar refractivity (Wildman–Crippen MR) is 68.1 cm³/mol. The Morgan fingerprint density at radius 1 is 1.47 bits per heavy atom. The number of carbonyl (C=O) groups excluding carboxylic acids is 1. The zero-order chi connectivity index (χ0) is 12.6. The molecule has 0 unspecified atom stereocenters. The molecule has 90 valence electrons. The van der Waals surface area contributed by atoms with E-state index in [1.807, 2.05) is 13.0 Å². The van der Waals surface area contributed by atoms with Crippen LogP contribution in [0.3, 0.4) is 0 Å². The van der Waals surface area contributed by atoms with E-state index in [-0.39, 0.29) is 5.91 Å². The number of hydrogen-bond acceptors (Lipinski definition) is 4. The van der Waals surface area contributed by atoms with E-state index in [1.165, 1.54) is 13.8 Å². The smallest absolute Gasteiger partial charge is 0.253 e. The van der Waals surface area contributed by atoms with Crippen LogP contribution in [-0.2, 0) is 0 Å². The third-order valence-electron chi connectivity index (χ3n) is 2.18. The first kappa shape index (κ1) is 12.0. The van der Waals surface area contributed by atoms with Crippen molar-refractivity contribution in [2.24, 2.45) is 0 Å². The van der Waals surface area contributed by atoms with E-state index in [2.05, 4.69) is 10.3 Å². The van der Waals surface area contributed by atoms with Gasteiger partial charge < -0.3 is 10.4 Å². The Hall–Kier alpha value is -1.46. The third-order valence-corrected chi connectivity index (χ3v) is 3.13. The summed E-state index contributed by atoms with van der Waals surface area (Å²) in [4.78, 5) is 16.1. The van der Waals surface area contributed by atoms with Crippen molar-refractivity contribution in [2.75, 3.05) is 0 Å². The van der Waals surface area contributed by atoms with Crippen molar-refractivity contribution >= 4 is 27.5 Å². The van der Waals surface area contributed by atoms with Gasteiger partial charge >= 0.3 is 0 Å². The van der Waals surface area contributed by atoms with E-state index < -0.39 is 5.72 Å². The number of aromatic nitrogens is 1. The first-order chi connectivity index (χ1) is 7.85. The summed E-state index contributed by atoms with van der Waals surface area (Å²) in [5.41, 5.74) is 0.102. The van der Waals surface area contributed by atoms with E-state index in [0.29, 0.717) is 5.56 Å². The summed E-state index contributed by atoms with van der Waals surface area (Å²) in [5.74, 6) is -0.301. The summed E-state index contributed by atoms with van der Waals surface area (Å²) in [5, 5.41) is 13.0. The van der Waals surface area contributed by atoms with Crippen LogP contribution in [0.1, 0.15) is 29.2 Å². The van der Waals surface area contributed by atoms with Gasteiger partial charge in [-0.15, -0.1) is 11.3 Å². The minimum Gasteiger partial charge on any atom is -0.372 e. The molecular formula is C12H14N2O2S. The molecule has 0 saturated heterocycles.